The molecule has 1 atom stereocenters. The zero-order valence-corrected chi connectivity index (χ0v) is 16.3. The van der Waals surface area contributed by atoms with Crippen LogP contribution in [0.4, 0.5) is 0 Å². The van der Waals surface area contributed by atoms with Gasteiger partial charge in [-0.2, -0.15) is 0 Å². The number of fused-ring (bicyclic) bond motifs is 1. The number of benzene rings is 2. The maximum absolute atomic E-state index is 10.3. The van der Waals surface area contributed by atoms with Crippen LogP contribution >= 0.6 is 11.6 Å². The van der Waals surface area contributed by atoms with E-state index < -0.39 is 6.10 Å². The zero-order valence-electron chi connectivity index (χ0n) is 15.5. The fraction of sp³-hybridized carbons (Fsp3) is 0.333. The van der Waals surface area contributed by atoms with Gasteiger partial charge in [0.1, 0.15) is 30.1 Å². The third-order valence-electron chi connectivity index (χ3n) is 4.84. The minimum atomic E-state index is -0.575. The van der Waals surface area contributed by atoms with E-state index in [2.05, 4.69) is 31.8 Å². The fourth-order valence-electron chi connectivity index (χ4n) is 3.41. The highest BCUT2D eigenvalue weighted by atomic mass is 35.5. The van der Waals surface area contributed by atoms with Crippen molar-refractivity contribution >= 4 is 11.6 Å². The van der Waals surface area contributed by atoms with Crippen molar-refractivity contribution < 1.29 is 9.84 Å². The number of β-amino-alcohol motifs (C(OH)–C–C–N with tert-alkyl or cyclic N) is 1. The van der Waals surface area contributed by atoms with Crippen LogP contribution < -0.4 is 4.74 Å². The van der Waals surface area contributed by atoms with Gasteiger partial charge in [0.05, 0.1) is 6.54 Å². The molecule has 0 saturated carbocycles. The van der Waals surface area contributed by atoms with Gasteiger partial charge in [0.15, 0.2) is 0 Å². The summed E-state index contributed by atoms with van der Waals surface area (Å²) in [6.07, 6.45) is 0.208. The minimum Gasteiger partial charge on any atom is -0.491 e. The van der Waals surface area contributed by atoms with Crippen LogP contribution in [0.25, 0.3) is 0 Å². The number of halogens is 1. The summed E-state index contributed by atoms with van der Waals surface area (Å²) < 4.78 is 7.83. The smallest absolute Gasteiger partial charge is 0.147 e. The minimum absolute atomic E-state index is 0.240. The number of rotatable bonds is 7. The summed E-state index contributed by atoms with van der Waals surface area (Å²) in [6, 6.07) is 17.4. The first kappa shape index (κ1) is 18.9. The lowest BCUT2D eigenvalue weighted by molar-refractivity contribution is 0.0581. The zero-order chi connectivity index (χ0) is 19.3. The van der Waals surface area contributed by atoms with Gasteiger partial charge in [0.2, 0.25) is 0 Å². The summed E-state index contributed by atoms with van der Waals surface area (Å²) in [7, 11) is 0. The Hall–Kier alpha value is -2.41. The molecule has 0 unspecified atom stereocenters. The Morgan fingerprint density at radius 3 is 2.61 bits per heavy atom. The third-order valence-corrected chi connectivity index (χ3v) is 5.09. The highest BCUT2D eigenvalue weighted by molar-refractivity contribution is 6.30. The Labute approximate surface area is 169 Å². The lowest BCUT2D eigenvalue weighted by Gasteiger charge is -2.29. The van der Waals surface area contributed by atoms with Gasteiger partial charge in [-0.1, -0.05) is 41.9 Å². The second-order valence-corrected chi connectivity index (χ2v) is 7.44. The van der Waals surface area contributed by atoms with Crippen LogP contribution in [0, 0.1) is 0 Å². The van der Waals surface area contributed by atoms with Gasteiger partial charge in [0.25, 0.3) is 0 Å². The molecule has 4 rings (SSSR count). The molecule has 1 aliphatic rings. The standard InChI is InChI=1S/C21H23ClN4O2/c22-17-6-8-19(9-7-17)28-15-18(27)13-25-10-11-26-20(23-24-21(26)14-25)12-16-4-2-1-3-5-16/h1-9,18,27H,10-15H2/t18-/m0/s1. The van der Waals surface area contributed by atoms with Gasteiger partial charge >= 0.3 is 0 Å². The van der Waals surface area contributed by atoms with Crippen molar-refractivity contribution in [1.29, 1.82) is 0 Å². The molecule has 0 fully saturated rings. The average Bonchev–Trinajstić information content (AvgIpc) is 3.10. The molecule has 0 bridgehead atoms. The van der Waals surface area contributed by atoms with E-state index in [-0.39, 0.29) is 6.61 Å². The molecular formula is C21H23ClN4O2. The quantitative estimate of drug-likeness (QED) is 0.663. The predicted octanol–water partition coefficient (Wildman–Crippen LogP) is 2.78. The molecule has 3 aromatic rings. The summed E-state index contributed by atoms with van der Waals surface area (Å²) in [5.74, 6) is 2.64. The van der Waals surface area contributed by atoms with Crippen LogP contribution in [-0.2, 0) is 19.5 Å². The molecule has 2 heterocycles. The molecule has 2 aromatic carbocycles. The van der Waals surface area contributed by atoms with Gasteiger partial charge in [0, 0.05) is 31.1 Å². The monoisotopic (exact) mass is 398 g/mol. The molecular weight excluding hydrogens is 376 g/mol. The van der Waals surface area contributed by atoms with E-state index in [4.69, 9.17) is 16.3 Å². The number of hydrogen-bond donors (Lipinski definition) is 1. The molecule has 146 valence electrons. The first-order valence-electron chi connectivity index (χ1n) is 9.41. The number of aromatic nitrogens is 3. The molecule has 0 radical (unpaired) electrons. The average molecular weight is 399 g/mol. The Bertz CT molecular complexity index is 899. The summed E-state index contributed by atoms with van der Waals surface area (Å²) in [5.41, 5.74) is 1.23. The molecule has 7 heteroatoms. The van der Waals surface area contributed by atoms with Crippen molar-refractivity contribution in [3.8, 4) is 5.75 Å². The molecule has 28 heavy (non-hydrogen) atoms. The molecule has 1 N–H and O–H groups in total. The number of nitrogens with zero attached hydrogens (tertiary/aromatic N) is 4. The maximum Gasteiger partial charge on any atom is 0.147 e. The first-order chi connectivity index (χ1) is 13.7. The van der Waals surface area contributed by atoms with E-state index in [0.717, 1.165) is 31.2 Å². The van der Waals surface area contributed by atoms with Crippen LogP contribution in [0.5, 0.6) is 5.75 Å². The van der Waals surface area contributed by atoms with Gasteiger partial charge in [-0.25, -0.2) is 0 Å². The SMILES string of the molecule is O[C@H](COc1ccc(Cl)cc1)CN1CCn2c(Cc3ccccc3)nnc2C1. The highest BCUT2D eigenvalue weighted by Gasteiger charge is 2.23. The summed E-state index contributed by atoms with van der Waals surface area (Å²) in [5, 5.41) is 19.7. The fourth-order valence-corrected chi connectivity index (χ4v) is 3.53. The molecule has 0 saturated heterocycles. The number of aliphatic hydroxyl groups excluding tert-OH is 1. The van der Waals surface area contributed by atoms with E-state index in [0.29, 0.717) is 23.9 Å². The van der Waals surface area contributed by atoms with Crippen molar-refractivity contribution in [3.63, 3.8) is 0 Å². The maximum atomic E-state index is 10.3. The summed E-state index contributed by atoms with van der Waals surface area (Å²) in [4.78, 5) is 2.19. The summed E-state index contributed by atoms with van der Waals surface area (Å²) in [6.45, 7) is 3.14. The normalized spacial score (nSPS) is 15.2. The van der Waals surface area contributed by atoms with Gasteiger partial charge in [-0.05, 0) is 29.8 Å². The lowest BCUT2D eigenvalue weighted by atomic mass is 10.1. The lowest BCUT2D eigenvalue weighted by Crippen LogP contribution is -2.40. The Morgan fingerprint density at radius 2 is 1.82 bits per heavy atom. The molecule has 6 nitrogen and oxygen atoms in total. The Morgan fingerprint density at radius 1 is 1.04 bits per heavy atom. The molecule has 1 aliphatic heterocycles. The van der Waals surface area contributed by atoms with Crippen molar-refractivity contribution in [3.05, 3.63) is 76.8 Å². The topological polar surface area (TPSA) is 63.4 Å². The molecule has 0 amide bonds. The summed E-state index contributed by atoms with van der Waals surface area (Å²) >= 11 is 5.87. The van der Waals surface area contributed by atoms with E-state index in [9.17, 15) is 5.11 Å². The largest absolute Gasteiger partial charge is 0.491 e. The first-order valence-corrected chi connectivity index (χ1v) is 9.79. The van der Waals surface area contributed by atoms with Gasteiger partial charge in [-0.15, -0.1) is 10.2 Å². The van der Waals surface area contributed by atoms with E-state index in [1.54, 1.807) is 24.3 Å². The molecule has 0 spiro atoms. The predicted molar refractivity (Wildman–Crippen MR) is 108 cm³/mol. The van der Waals surface area contributed by atoms with Crippen molar-refractivity contribution in [2.45, 2.75) is 25.6 Å². The highest BCUT2D eigenvalue weighted by Crippen LogP contribution is 2.17. The second kappa shape index (κ2) is 8.73. The van der Waals surface area contributed by atoms with Crippen LogP contribution in [0.1, 0.15) is 17.2 Å². The van der Waals surface area contributed by atoms with Crippen molar-refractivity contribution in [2.75, 3.05) is 19.7 Å². The van der Waals surface area contributed by atoms with Crippen LogP contribution in [0.15, 0.2) is 54.6 Å². The van der Waals surface area contributed by atoms with Gasteiger partial charge in [-0.3, -0.25) is 4.90 Å². The number of hydrogen-bond acceptors (Lipinski definition) is 5. The molecule has 1 aromatic heterocycles. The van der Waals surface area contributed by atoms with Crippen LogP contribution in [-0.4, -0.2) is 50.6 Å². The third kappa shape index (κ3) is 4.70. The Kier molecular flexibility index (Phi) is 5.90. The number of ether oxygens (including phenoxy) is 1. The molecule has 0 aliphatic carbocycles. The van der Waals surface area contributed by atoms with Crippen LogP contribution in [0.3, 0.4) is 0 Å². The second-order valence-electron chi connectivity index (χ2n) is 7.00. The van der Waals surface area contributed by atoms with E-state index in [1.165, 1.54) is 5.56 Å². The number of aliphatic hydroxyl groups is 1. The van der Waals surface area contributed by atoms with E-state index >= 15 is 0 Å². The Balaban J connectivity index is 1.30. The van der Waals surface area contributed by atoms with Gasteiger partial charge < -0.3 is 14.4 Å². The van der Waals surface area contributed by atoms with E-state index in [1.807, 2.05) is 18.2 Å². The van der Waals surface area contributed by atoms with Crippen molar-refractivity contribution in [1.82, 2.24) is 19.7 Å². The van der Waals surface area contributed by atoms with Crippen LogP contribution in [0.2, 0.25) is 5.02 Å². The van der Waals surface area contributed by atoms with Crippen molar-refractivity contribution in [2.24, 2.45) is 0 Å².